The molecule has 0 bridgehead atoms. The molecule has 0 fully saturated rings. The Labute approximate surface area is 144 Å². The fraction of sp³-hybridized carbons (Fsp3) is 0.167. The van der Waals surface area contributed by atoms with E-state index in [-0.39, 0.29) is 0 Å². The normalized spacial score (nSPS) is 11.0. The number of benzene rings is 1. The van der Waals surface area contributed by atoms with Crippen molar-refractivity contribution in [2.24, 2.45) is 0 Å². The van der Waals surface area contributed by atoms with E-state index in [1.165, 1.54) is 0 Å². The van der Waals surface area contributed by atoms with Crippen molar-refractivity contribution in [2.45, 2.75) is 0 Å². The highest BCUT2D eigenvalue weighted by Crippen LogP contribution is 2.43. The molecule has 1 aromatic carbocycles. The number of nitrogens with one attached hydrogen (secondary N) is 3. The van der Waals surface area contributed by atoms with E-state index in [0.29, 0.717) is 11.5 Å². The van der Waals surface area contributed by atoms with Gasteiger partial charge in [-0.05, 0) is 23.6 Å². The summed E-state index contributed by atoms with van der Waals surface area (Å²) in [5.41, 5.74) is 2.79. The lowest BCUT2D eigenvalue weighted by molar-refractivity contribution is 0.356. The van der Waals surface area contributed by atoms with Crippen LogP contribution in [-0.2, 0) is 0 Å². The highest BCUT2D eigenvalue weighted by atomic mass is 16.5. The number of methoxy groups -OCH3 is 3. The number of anilines is 2. The van der Waals surface area contributed by atoms with Crippen LogP contribution in [-0.4, -0.2) is 36.5 Å². The molecular formula is C18H18N4O3. The lowest BCUT2D eigenvalue weighted by Crippen LogP contribution is -1.96. The number of aromatic nitrogens is 3. The summed E-state index contributed by atoms with van der Waals surface area (Å²) in [5, 5.41) is 11.8. The molecule has 2 aromatic rings. The minimum atomic E-state index is 0.695. The molecule has 2 heterocycles. The number of fused-ring (bicyclic) bond motifs is 3. The van der Waals surface area contributed by atoms with Gasteiger partial charge in [-0.3, -0.25) is 15.2 Å². The third-order valence-corrected chi connectivity index (χ3v) is 4.24. The summed E-state index contributed by atoms with van der Waals surface area (Å²) in [6.45, 7) is 0. The Morgan fingerprint density at radius 3 is 2.44 bits per heavy atom. The maximum absolute atomic E-state index is 5.41. The zero-order valence-corrected chi connectivity index (χ0v) is 14.1. The summed E-state index contributed by atoms with van der Waals surface area (Å²) in [4.78, 5) is 4.14. The molecular weight excluding hydrogens is 320 g/mol. The van der Waals surface area contributed by atoms with E-state index in [0.717, 1.165) is 39.3 Å². The van der Waals surface area contributed by atoms with Crippen molar-refractivity contribution in [2.75, 3.05) is 26.6 Å². The monoisotopic (exact) mass is 338 g/mol. The van der Waals surface area contributed by atoms with Gasteiger partial charge in [0.25, 0.3) is 0 Å². The minimum absolute atomic E-state index is 0.695. The number of ether oxygens (including phenoxy) is 3. The molecule has 0 amide bonds. The zero-order valence-electron chi connectivity index (χ0n) is 14.1. The SMILES string of the molecule is COc1ccncc1Nc1[nH][nH]c2c3cc(OC)c(OC)cc3cc1-2. The number of nitrogens with zero attached hydrogens (tertiary/aromatic N) is 1. The van der Waals surface area contributed by atoms with Crippen LogP contribution in [0.4, 0.5) is 11.5 Å². The first-order valence-corrected chi connectivity index (χ1v) is 7.75. The Bertz CT molecular complexity index is 1000. The molecule has 1 aliphatic heterocycles. The van der Waals surface area contributed by atoms with E-state index in [2.05, 4.69) is 26.6 Å². The van der Waals surface area contributed by atoms with Crippen LogP contribution in [0.3, 0.4) is 0 Å². The van der Waals surface area contributed by atoms with Gasteiger partial charge in [-0.2, -0.15) is 0 Å². The molecule has 1 aromatic heterocycles. The van der Waals surface area contributed by atoms with Gasteiger partial charge in [0, 0.05) is 23.2 Å². The van der Waals surface area contributed by atoms with Gasteiger partial charge in [0.05, 0.1) is 33.2 Å². The number of pyridine rings is 1. The number of hydrogen-bond acceptors (Lipinski definition) is 5. The van der Waals surface area contributed by atoms with Crippen molar-refractivity contribution in [3.05, 3.63) is 36.7 Å². The first-order chi connectivity index (χ1) is 12.2. The van der Waals surface area contributed by atoms with Gasteiger partial charge in [-0.15, -0.1) is 0 Å². The van der Waals surface area contributed by atoms with Gasteiger partial charge in [0.2, 0.25) is 0 Å². The maximum Gasteiger partial charge on any atom is 0.161 e. The molecule has 7 nitrogen and oxygen atoms in total. The molecule has 3 N–H and O–H groups in total. The molecule has 0 atom stereocenters. The predicted octanol–water partition coefficient (Wildman–Crippen LogP) is 3.77. The second-order valence-corrected chi connectivity index (χ2v) is 5.55. The van der Waals surface area contributed by atoms with Gasteiger partial charge in [0.1, 0.15) is 17.3 Å². The van der Waals surface area contributed by atoms with Gasteiger partial charge < -0.3 is 19.5 Å². The van der Waals surface area contributed by atoms with Crippen LogP contribution >= 0.6 is 0 Å². The van der Waals surface area contributed by atoms with Gasteiger partial charge >= 0.3 is 0 Å². The summed E-state index contributed by atoms with van der Waals surface area (Å²) in [7, 11) is 4.90. The van der Waals surface area contributed by atoms with E-state index >= 15 is 0 Å². The molecule has 2 aliphatic rings. The Morgan fingerprint density at radius 1 is 0.920 bits per heavy atom. The largest absolute Gasteiger partial charge is 0.494 e. The van der Waals surface area contributed by atoms with Crippen LogP contribution in [0.15, 0.2) is 36.7 Å². The van der Waals surface area contributed by atoms with E-state index in [1.807, 2.05) is 18.2 Å². The summed E-state index contributed by atoms with van der Waals surface area (Å²) in [5.74, 6) is 2.95. The van der Waals surface area contributed by atoms with E-state index in [4.69, 9.17) is 14.2 Å². The van der Waals surface area contributed by atoms with Gasteiger partial charge in [-0.25, -0.2) is 0 Å². The Morgan fingerprint density at radius 2 is 1.68 bits per heavy atom. The third-order valence-electron chi connectivity index (χ3n) is 4.24. The summed E-state index contributed by atoms with van der Waals surface area (Å²) in [6, 6.07) is 7.83. The Kier molecular flexibility index (Phi) is 3.61. The lowest BCUT2D eigenvalue weighted by atomic mass is 10.2. The fourth-order valence-corrected chi connectivity index (χ4v) is 3.01. The molecule has 0 radical (unpaired) electrons. The Balaban J connectivity index is 1.79. The topological polar surface area (TPSA) is 84.2 Å². The van der Waals surface area contributed by atoms with Crippen molar-refractivity contribution < 1.29 is 14.2 Å². The average molecular weight is 338 g/mol. The summed E-state index contributed by atoms with van der Waals surface area (Å²) in [6.07, 6.45) is 3.41. The summed E-state index contributed by atoms with van der Waals surface area (Å²) >= 11 is 0. The van der Waals surface area contributed by atoms with Crippen LogP contribution in [0.2, 0.25) is 0 Å². The van der Waals surface area contributed by atoms with Gasteiger partial charge in [0.15, 0.2) is 11.5 Å². The highest BCUT2D eigenvalue weighted by molar-refractivity contribution is 6.05. The van der Waals surface area contributed by atoms with Crippen LogP contribution in [0, 0.1) is 0 Å². The standard InChI is InChI=1S/C18H18N4O3/c1-23-14-4-5-19-9-13(14)20-18-12-6-10-7-15(24-2)16(25-3)8-11(10)17(12)21-22-18/h4-9,20-22H,1-3H3. The highest BCUT2D eigenvalue weighted by Gasteiger charge is 2.20. The smallest absolute Gasteiger partial charge is 0.161 e. The van der Waals surface area contributed by atoms with Crippen molar-refractivity contribution in [3.8, 4) is 28.5 Å². The number of rotatable bonds is 5. The average Bonchev–Trinajstić information content (AvgIpc) is 3.20. The fourth-order valence-electron chi connectivity index (χ4n) is 3.01. The molecule has 4 rings (SSSR count). The van der Waals surface area contributed by atoms with Crippen LogP contribution < -0.4 is 19.5 Å². The van der Waals surface area contributed by atoms with Crippen molar-refractivity contribution in [3.63, 3.8) is 0 Å². The van der Waals surface area contributed by atoms with E-state index in [9.17, 15) is 0 Å². The first kappa shape index (κ1) is 15.2. The molecule has 25 heavy (non-hydrogen) atoms. The van der Waals surface area contributed by atoms with Crippen LogP contribution in [0.1, 0.15) is 0 Å². The second-order valence-electron chi connectivity index (χ2n) is 5.55. The van der Waals surface area contributed by atoms with Crippen molar-refractivity contribution in [1.29, 1.82) is 0 Å². The zero-order chi connectivity index (χ0) is 17.4. The number of H-pyrrole nitrogens is 2. The maximum atomic E-state index is 5.41. The molecule has 0 spiro atoms. The van der Waals surface area contributed by atoms with Gasteiger partial charge in [-0.1, -0.05) is 0 Å². The second kappa shape index (κ2) is 5.94. The molecule has 0 saturated carbocycles. The third kappa shape index (κ3) is 2.40. The number of aromatic amines is 2. The summed E-state index contributed by atoms with van der Waals surface area (Å²) < 4.78 is 16.2. The Hall–Kier alpha value is -3.35. The molecule has 0 unspecified atom stereocenters. The van der Waals surface area contributed by atoms with Crippen molar-refractivity contribution >= 4 is 22.3 Å². The lowest BCUT2D eigenvalue weighted by Gasteiger charge is -2.09. The van der Waals surface area contributed by atoms with E-state index in [1.54, 1.807) is 33.7 Å². The molecule has 7 heteroatoms. The van der Waals surface area contributed by atoms with Crippen LogP contribution in [0.25, 0.3) is 22.0 Å². The predicted molar refractivity (Wildman–Crippen MR) is 96.4 cm³/mol. The number of hydrogen-bond donors (Lipinski definition) is 3. The van der Waals surface area contributed by atoms with Crippen molar-refractivity contribution in [1.82, 2.24) is 15.2 Å². The minimum Gasteiger partial charge on any atom is -0.494 e. The van der Waals surface area contributed by atoms with Crippen LogP contribution in [0.5, 0.6) is 17.2 Å². The molecule has 0 saturated heterocycles. The first-order valence-electron chi connectivity index (χ1n) is 7.75. The molecule has 128 valence electrons. The quantitative estimate of drug-likeness (QED) is 0.516. The van der Waals surface area contributed by atoms with E-state index < -0.39 is 0 Å². The molecule has 1 aliphatic carbocycles.